The van der Waals surface area contributed by atoms with Gasteiger partial charge in [-0.05, 0) is 52.7 Å². The van der Waals surface area contributed by atoms with Gasteiger partial charge in [-0.3, -0.25) is 4.40 Å². The van der Waals surface area contributed by atoms with Crippen LogP contribution in [0, 0.1) is 6.92 Å². The van der Waals surface area contributed by atoms with Crippen LogP contribution in [-0.4, -0.2) is 14.6 Å². The Bertz CT molecular complexity index is 752. The second kappa shape index (κ2) is 5.42. The average Bonchev–Trinajstić information content (AvgIpc) is 2.81. The minimum Gasteiger partial charge on any atom is -0.489 e. The van der Waals surface area contributed by atoms with E-state index in [1.165, 1.54) is 0 Å². The van der Waals surface area contributed by atoms with Crippen molar-refractivity contribution in [1.29, 1.82) is 0 Å². The van der Waals surface area contributed by atoms with Crippen LogP contribution in [0.15, 0.2) is 41.3 Å². The van der Waals surface area contributed by atoms with Crippen LogP contribution >= 0.6 is 27.5 Å². The second-order valence-electron chi connectivity index (χ2n) is 4.50. The molecule has 1 aromatic carbocycles. The number of benzene rings is 1. The number of aryl methyl sites for hydroxylation is 1. The van der Waals surface area contributed by atoms with E-state index in [-0.39, 0.29) is 0 Å². The van der Waals surface area contributed by atoms with E-state index in [4.69, 9.17) is 16.3 Å². The van der Waals surface area contributed by atoms with E-state index in [0.717, 1.165) is 27.0 Å². The van der Waals surface area contributed by atoms with Crippen molar-refractivity contribution in [1.82, 2.24) is 14.6 Å². The number of hydrogen-bond donors (Lipinski definition) is 0. The number of pyridine rings is 1. The summed E-state index contributed by atoms with van der Waals surface area (Å²) in [5, 5.41) is 8.55. The minimum absolute atomic E-state index is 0.434. The fourth-order valence-corrected chi connectivity index (χ4v) is 2.67. The van der Waals surface area contributed by atoms with Gasteiger partial charge in [-0.15, -0.1) is 10.2 Å². The first kappa shape index (κ1) is 13.4. The van der Waals surface area contributed by atoms with Gasteiger partial charge < -0.3 is 4.74 Å². The van der Waals surface area contributed by atoms with E-state index in [1.807, 2.05) is 35.7 Å². The van der Waals surface area contributed by atoms with Gasteiger partial charge in [-0.25, -0.2) is 0 Å². The number of fused-ring (bicyclic) bond motifs is 1. The van der Waals surface area contributed by atoms with Crippen molar-refractivity contribution >= 4 is 33.2 Å². The summed E-state index contributed by atoms with van der Waals surface area (Å²) in [6.07, 6.45) is 3.57. The van der Waals surface area contributed by atoms with Gasteiger partial charge in [-0.2, -0.15) is 0 Å². The molecule has 0 radical (unpaired) electrons. The highest BCUT2D eigenvalue weighted by Gasteiger charge is 2.06. The number of aromatic nitrogens is 3. The van der Waals surface area contributed by atoms with E-state index in [1.54, 1.807) is 12.4 Å². The van der Waals surface area contributed by atoms with Crippen LogP contribution in [0.5, 0.6) is 5.75 Å². The highest BCUT2D eigenvalue weighted by molar-refractivity contribution is 9.10. The van der Waals surface area contributed by atoms with Gasteiger partial charge in [0.05, 0.1) is 0 Å². The SMILES string of the molecule is Cc1cc(Cl)cc(OCc2cc3nncn3cc2Br)c1. The molecule has 0 aliphatic heterocycles. The number of rotatable bonds is 3. The zero-order valence-corrected chi connectivity index (χ0v) is 13.0. The number of ether oxygens (including phenoxy) is 1. The van der Waals surface area contributed by atoms with Gasteiger partial charge in [0, 0.05) is 21.3 Å². The lowest BCUT2D eigenvalue weighted by Gasteiger charge is -2.09. The van der Waals surface area contributed by atoms with E-state index in [0.29, 0.717) is 11.6 Å². The van der Waals surface area contributed by atoms with Gasteiger partial charge >= 0.3 is 0 Å². The predicted molar refractivity (Wildman–Crippen MR) is 81.2 cm³/mol. The highest BCUT2D eigenvalue weighted by atomic mass is 79.9. The quantitative estimate of drug-likeness (QED) is 0.714. The largest absolute Gasteiger partial charge is 0.489 e. The molecule has 0 aliphatic rings. The van der Waals surface area contributed by atoms with Crippen LogP contribution in [0.4, 0.5) is 0 Å². The Morgan fingerprint density at radius 3 is 2.95 bits per heavy atom. The molecule has 0 aliphatic carbocycles. The van der Waals surface area contributed by atoms with E-state index in [2.05, 4.69) is 26.1 Å². The lowest BCUT2D eigenvalue weighted by atomic mass is 10.2. The zero-order valence-electron chi connectivity index (χ0n) is 10.7. The molecule has 0 fully saturated rings. The summed E-state index contributed by atoms with van der Waals surface area (Å²) in [7, 11) is 0. The summed E-state index contributed by atoms with van der Waals surface area (Å²) in [6.45, 7) is 2.42. The van der Waals surface area contributed by atoms with Gasteiger partial charge in [0.15, 0.2) is 5.65 Å². The molecule has 2 heterocycles. The predicted octanol–water partition coefficient (Wildman–Crippen LogP) is 4.03. The molecule has 20 heavy (non-hydrogen) atoms. The third-order valence-electron chi connectivity index (χ3n) is 2.87. The summed E-state index contributed by atoms with van der Waals surface area (Å²) in [5.41, 5.74) is 2.86. The van der Waals surface area contributed by atoms with Gasteiger partial charge in [0.1, 0.15) is 18.7 Å². The molecule has 0 spiro atoms. The van der Waals surface area contributed by atoms with Gasteiger partial charge in [-0.1, -0.05) is 11.6 Å². The molecule has 102 valence electrons. The average molecular weight is 353 g/mol. The molecule has 0 atom stereocenters. The summed E-state index contributed by atoms with van der Waals surface area (Å²) in [6, 6.07) is 7.59. The fourth-order valence-electron chi connectivity index (χ4n) is 1.94. The standard InChI is InChI=1S/C14H11BrClN3O/c1-9-2-11(16)5-12(3-9)20-7-10-4-14-18-17-8-19(14)6-13(10)15/h2-6,8H,7H2,1H3. The van der Waals surface area contributed by atoms with Crippen LogP contribution in [0.2, 0.25) is 5.02 Å². The van der Waals surface area contributed by atoms with Crippen LogP contribution in [0.25, 0.3) is 5.65 Å². The molecule has 0 N–H and O–H groups in total. The lowest BCUT2D eigenvalue weighted by molar-refractivity contribution is 0.305. The van der Waals surface area contributed by atoms with Gasteiger partial charge in [0.2, 0.25) is 0 Å². The summed E-state index contributed by atoms with van der Waals surface area (Å²) < 4.78 is 8.58. The fraction of sp³-hybridized carbons (Fsp3) is 0.143. The Balaban J connectivity index is 1.84. The maximum absolute atomic E-state index is 6.02. The van der Waals surface area contributed by atoms with Crippen molar-refractivity contribution in [2.45, 2.75) is 13.5 Å². The molecule has 3 aromatic rings. The van der Waals surface area contributed by atoms with Crippen LogP contribution in [0.3, 0.4) is 0 Å². The van der Waals surface area contributed by atoms with Crippen molar-refractivity contribution in [3.05, 3.63) is 57.4 Å². The molecule has 0 saturated heterocycles. The molecule has 0 amide bonds. The molecule has 0 bridgehead atoms. The molecular formula is C14H11BrClN3O. The maximum Gasteiger partial charge on any atom is 0.161 e. The molecule has 4 nitrogen and oxygen atoms in total. The van der Waals surface area contributed by atoms with E-state index in [9.17, 15) is 0 Å². The normalized spacial score (nSPS) is 10.9. The second-order valence-corrected chi connectivity index (χ2v) is 5.79. The molecule has 2 aromatic heterocycles. The summed E-state index contributed by atoms with van der Waals surface area (Å²) in [5.74, 6) is 0.753. The topological polar surface area (TPSA) is 39.4 Å². The van der Waals surface area contributed by atoms with E-state index >= 15 is 0 Å². The Morgan fingerprint density at radius 1 is 1.30 bits per heavy atom. The van der Waals surface area contributed by atoms with Crippen molar-refractivity contribution in [2.24, 2.45) is 0 Å². The summed E-state index contributed by atoms with van der Waals surface area (Å²) in [4.78, 5) is 0. The molecule has 3 rings (SSSR count). The highest BCUT2D eigenvalue weighted by Crippen LogP contribution is 2.24. The van der Waals surface area contributed by atoms with Crippen molar-refractivity contribution in [2.75, 3.05) is 0 Å². The van der Waals surface area contributed by atoms with Crippen molar-refractivity contribution in [3.8, 4) is 5.75 Å². The van der Waals surface area contributed by atoms with Crippen LogP contribution in [-0.2, 0) is 6.61 Å². The van der Waals surface area contributed by atoms with Crippen LogP contribution < -0.4 is 4.74 Å². The molecule has 6 heteroatoms. The Labute approximate surface area is 129 Å². The maximum atomic E-state index is 6.02. The van der Waals surface area contributed by atoms with Crippen molar-refractivity contribution in [3.63, 3.8) is 0 Å². The molecule has 0 unspecified atom stereocenters. The molecule has 0 saturated carbocycles. The monoisotopic (exact) mass is 351 g/mol. The number of hydrogen-bond acceptors (Lipinski definition) is 3. The van der Waals surface area contributed by atoms with E-state index < -0.39 is 0 Å². The smallest absolute Gasteiger partial charge is 0.161 e. The van der Waals surface area contributed by atoms with Crippen molar-refractivity contribution < 1.29 is 4.74 Å². The van der Waals surface area contributed by atoms with Gasteiger partial charge in [0.25, 0.3) is 0 Å². The Morgan fingerprint density at radius 2 is 2.15 bits per heavy atom. The number of halogens is 2. The molecular weight excluding hydrogens is 342 g/mol. The first-order valence-corrected chi connectivity index (χ1v) is 7.17. The van der Waals surface area contributed by atoms with Crippen LogP contribution in [0.1, 0.15) is 11.1 Å². The zero-order chi connectivity index (χ0) is 14.1. The first-order chi connectivity index (χ1) is 9.61. The third kappa shape index (κ3) is 2.78. The first-order valence-electron chi connectivity index (χ1n) is 5.99. The summed E-state index contributed by atoms with van der Waals surface area (Å²) >= 11 is 9.54. The lowest BCUT2D eigenvalue weighted by Crippen LogP contribution is -1.98. The minimum atomic E-state index is 0.434. The number of nitrogens with zero attached hydrogens (tertiary/aromatic N) is 3. The Kier molecular flexibility index (Phi) is 3.63. The Hall–Kier alpha value is -1.59. The third-order valence-corrected chi connectivity index (χ3v) is 3.81.